The van der Waals surface area contributed by atoms with Gasteiger partial charge in [0, 0.05) is 45.3 Å². The van der Waals surface area contributed by atoms with E-state index in [0.29, 0.717) is 13.1 Å². The lowest BCUT2D eigenvalue weighted by molar-refractivity contribution is -0.122. The summed E-state index contributed by atoms with van der Waals surface area (Å²) in [5.41, 5.74) is 1.04. The molecule has 0 bridgehead atoms. The zero-order chi connectivity index (χ0) is 18.5. The number of piperazine rings is 1. The van der Waals surface area contributed by atoms with Gasteiger partial charge in [0.25, 0.3) is 0 Å². The van der Waals surface area contributed by atoms with Crippen LogP contribution in [-0.4, -0.2) is 60.0 Å². The van der Waals surface area contributed by atoms with E-state index in [-0.39, 0.29) is 5.91 Å². The van der Waals surface area contributed by atoms with Gasteiger partial charge in [0.05, 0.1) is 21.8 Å². The third-order valence-corrected chi connectivity index (χ3v) is 5.81. The minimum atomic E-state index is 0.0856. The molecule has 0 unspecified atom stereocenters. The second-order valence-electron chi connectivity index (χ2n) is 6.63. The van der Waals surface area contributed by atoms with Crippen molar-refractivity contribution in [3.63, 3.8) is 0 Å². The molecule has 0 radical (unpaired) electrons. The van der Waals surface area contributed by atoms with Crippen LogP contribution in [0.15, 0.2) is 48.7 Å². The number of nitrogens with zero attached hydrogens (tertiary/aromatic N) is 4. The number of rotatable bonds is 6. The Hall–Kier alpha value is -2.51. The Morgan fingerprint density at radius 2 is 1.89 bits per heavy atom. The average Bonchev–Trinajstić information content (AvgIpc) is 3.12. The van der Waals surface area contributed by atoms with Crippen molar-refractivity contribution < 1.29 is 4.79 Å². The summed E-state index contributed by atoms with van der Waals surface area (Å²) in [7, 11) is 0. The van der Waals surface area contributed by atoms with Crippen LogP contribution in [0.25, 0.3) is 10.2 Å². The first kappa shape index (κ1) is 17.9. The minimum Gasteiger partial charge on any atom is -0.355 e. The normalized spacial score (nSPS) is 15.2. The van der Waals surface area contributed by atoms with E-state index in [4.69, 9.17) is 0 Å². The second-order valence-corrected chi connectivity index (χ2v) is 7.74. The van der Waals surface area contributed by atoms with E-state index in [2.05, 4.69) is 31.2 Å². The first-order chi connectivity index (χ1) is 13.3. The van der Waals surface area contributed by atoms with Crippen molar-refractivity contribution in [2.24, 2.45) is 0 Å². The van der Waals surface area contributed by atoms with Crippen LogP contribution in [0.3, 0.4) is 0 Å². The number of hydrogen-bond acceptors (Lipinski definition) is 6. The Morgan fingerprint density at radius 1 is 1.07 bits per heavy atom. The zero-order valence-electron chi connectivity index (χ0n) is 15.2. The third-order valence-electron chi connectivity index (χ3n) is 4.71. The first-order valence-corrected chi connectivity index (χ1v) is 10.1. The standard InChI is InChI=1S/C20H23N5OS/c26-19(22-10-8-20-23-16-5-1-2-6-17(16)27-20)15-24-11-13-25(14-12-24)18-7-3-4-9-21-18/h1-7,9H,8,10-15H2,(H,22,26). The summed E-state index contributed by atoms with van der Waals surface area (Å²) in [5.74, 6) is 1.10. The molecule has 1 N–H and O–H groups in total. The molecule has 3 heterocycles. The number of fused-ring (bicyclic) bond motifs is 1. The van der Waals surface area contributed by atoms with Gasteiger partial charge in [-0.15, -0.1) is 11.3 Å². The Balaban J connectivity index is 1.19. The second kappa shape index (κ2) is 8.45. The molecule has 3 aromatic rings. The molecular weight excluding hydrogens is 358 g/mol. The first-order valence-electron chi connectivity index (χ1n) is 9.27. The molecular formula is C20H23N5OS. The van der Waals surface area contributed by atoms with Gasteiger partial charge in [0.2, 0.25) is 5.91 Å². The van der Waals surface area contributed by atoms with Crippen molar-refractivity contribution in [3.05, 3.63) is 53.7 Å². The highest BCUT2D eigenvalue weighted by Crippen LogP contribution is 2.21. The zero-order valence-corrected chi connectivity index (χ0v) is 16.0. The lowest BCUT2D eigenvalue weighted by atomic mass is 10.3. The van der Waals surface area contributed by atoms with Gasteiger partial charge in [-0.05, 0) is 24.3 Å². The van der Waals surface area contributed by atoms with Gasteiger partial charge in [-0.25, -0.2) is 9.97 Å². The molecule has 4 rings (SSSR count). The van der Waals surface area contributed by atoms with Crippen LogP contribution in [0.2, 0.25) is 0 Å². The average molecular weight is 382 g/mol. The number of amides is 1. The van der Waals surface area contributed by atoms with Crippen LogP contribution >= 0.6 is 11.3 Å². The van der Waals surface area contributed by atoms with Crippen LogP contribution in [0.5, 0.6) is 0 Å². The number of thiazole rings is 1. The summed E-state index contributed by atoms with van der Waals surface area (Å²) in [5, 5.41) is 4.10. The SMILES string of the molecule is O=C(CN1CCN(c2ccccn2)CC1)NCCc1nc2ccccc2s1. The maximum atomic E-state index is 12.2. The van der Waals surface area contributed by atoms with Crippen molar-refractivity contribution >= 4 is 33.3 Å². The highest BCUT2D eigenvalue weighted by atomic mass is 32.1. The fourth-order valence-electron chi connectivity index (χ4n) is 3.27. The highest BCUT2D eigenvalue weighted by Gasteiger charge is 2.19. The van der Waals surface area contributed by atoms with Gasteiger partial charge in [0.15, 0.2) is 0 Å². The molecule has 0 aliphatic carbocycles. The van der Waals surface area contributed by atoms with Gasteiger partial charge in [-0.2, -0.15) is 0 Å². The predicted molar refractivity (Wildman–Crippen MR) is 109 cm³/mol. The van der Waals surface area contributed by atoms with Crippen molar-refractivity contribution in [1.29, 1.82) is 0 Å². The molecule has 0 atom stereocenters. The van der Waals surface area contributed by atoms with E-state index in [1.807, 2.05) is 42.6 Å². The van der Waals surface area contributed by atoms with Gasteiger partial charge in [-0.1, -0.05) is 18.2 Å². The van der Waals surface area contributed by atoms with Crippen molar-refractivity contribution in [2.75, 3.05) is 44.2 Å². The predicted octanol–water partition coefficient (Wildman–Crippen LogP) is 2.17. The van der Waals surface area contributed by atoms with E-state index in [1.54, 1.807) is 11.3 Å². The quantitative estimate of drug-likeness (QED) is 0.709. The molecule has 1 aliphatic heterocycles. The van der Waals surface area contributed by atoms with Crippen LogP contribution < -0.4 is 10.2 Å². The molecule has 7 heteroatoms. The molecule has 140 valence electrons. The number of aromatic nitrogens is 2. The maximum absolute atomic E-state index is 12.2. The fourth-order valence-corrected chi connectivity index (χ4v) is 4.24. The van der Waals surface area contributed by atoms with Gasteiger partial charge >= 0.3 is 0 Å². The Morgan fingerprint density at radius 3 is 2.67 bits per heavy atom. The van der Waals surface area contributed by atoms with Gasteiger partial charge in [-0.3, -0.25) is 9.69 Å². The topological polar surface area (TPSA) is 61.4 Å². The van der Waals surface area contributed by atoms with Crippen LogP contribution in [0.1, 0.15) is 5.01 Å². The van der Waals surface area contributed by atoms with Gasteiger partial charge < -0.3 is 10.2 Å². The summed E-state index contributed by atoms with van der Waals surface area (Å²) in [4.78, 5) is 25.7. The maximum Gasteiger partial charge on any atom is 0.234 e. The Labute approximate surface area is 162 Å². The number of carbonyl (C=O) groups is 1. The summed E-state index contributed by atoms with van der Waals surface area (Å²) < 4.78 is 1.20. The number of para-hydroxylation sites is 1. The fraction of sp³-hybridized carbons (Fsp3) is 0.350. The number of benzene rings is 1. The lowest BCUT2D eigenvalue weighted by Crippen LogP contribution is -2.49. The summed E-state index contributed by atoms with van der Waals surface area (Å²) >= 11 is 1.70. The van der Waals surface area contributed by atoms with Crippen LogP contribution in [0.4, 0.5) is 5.82 Å². The van der Waals surface area contributed by atoms with E-state index in [1.165, 1.54) is 4.70 Å². The molecule has 1 saturated heterocycles. The molecule has 1 aromatic carbocycles. The number of hydrogen-bond donors (Lipinski definition) is 1. The molecule has 0 spiro atoms. The molecule has 2 aromatic heterocycles. The summed E-state index contributed by atoms with van der Waals surface area (Å²) in [6, 6.07) is 14.1. The largest absolute Gasteiger partial charge is 0.355 e. The van der Waals surface area contributed by atoms with Gasteiger partial charge in [0.1, 0.15) is 5.82 Å². The highest BCUT2D eigenvalue weighted by molar-refractivity contribution is 7.18. The number of carbonyl (C=O) groups excluding carboxylic acids is 1. The minimum absolute atomic E-state index is 0.0856. The molecule has 0 saturated carbocycles. The van der Waals surface area contributed by atoms with Crippen molar-refractivity contribution in [3.8, 4) is 0 Å². The molecule has 1 aliphatic rings. The van der Waals surface area contributed by atoms with E-state index in [9.17, 15) is 4.79 Å². The molecule has 27 heavy (non-hydrogen) atoms. The number of pyridine rings is 1. The lowest BCUT2D eigenvalue weighted by Gasteiger charge is -2.34. The van der Waals surface area contributed by atoms with E-state index in [0.717, 1.165) is 48.9 Å². The van der Waals surface area contributed by atoms with Crippen molar-refractivity contribution in [1.82, 2.24) is 20.2 Å². The monoisotopic (exact) mass is 381 g/mol. The molecule has 6 nitrogen and oxygen atoms in total. The Bertz CT molecular complexity index is 857. The molecule has 1 amide bonds. The summed E-state index contributed by atoms with van der Waals surface area (Å²) in [6.07, 6.45) is 2.60. The third kappa shape index (κ3) is 4.61. The smallest absolute Gasteiger partial charge is 0.234 e. The van der Waals surface area contributed by atoms with E-state index < -0.39 is 0 Å². The van der Waals surface area contributed by atoms with Crippen LogP contribution in [-0.2, 0) is 11.2 Å². The summed E-state index contributed by atoms with van der Waals surface area (Å²) in [6.45, 7) is 4.64. The van der Waals surface area contributed by atoms with Crippen molar-refractivity contribution in [2.45, 2.75) is 6.42 Å². The van der Waals surface area contributed by atoms with E-state index >= 15 is 0 Å². The number of nitrogens with one attached hydrogen (secondary N) is 1. The number of anilines is 1. The Kier molecular flexibility index (Phi) is 5.60. The van der Waals surface area contributed by atoms with Crippen LogP contribution in [0, 0.1) is 0 Å². The molecule has 1 fully saturated rings.